The molecule has 1 aliphatic heterocycles. The first-order valence-electron chi connectivity index (χ1n) is 8.56. The summed E-state index contributed by atoms with van der Waals surface area (Å²) in [6.07, 6.45) is 4.11. The van der Waals surface area contributed by atoms with Crippen molar-refractivity contribution in [2.45, 2.75) is 25.5 Å². The smallest absolute Gasteiger partial charge is 0.173 e. The van der Waals surface area contributed by atoms with E-state index in [4.69, 9.17) is 33.3 Å². The van der Waals surface area contributed by atoms with Crippen molar-refractivity contribution in [3.63, 3.8) is 0 Å². The van der Waals surface area contributed by atoms with Gasteiger partial charge in [0, 0.05) is 30.4 Å². The Morgan fingerprint density at radius 2 is 2.31 bits per heavy atom. The van der Waals surface area contributed by atoms with Gasteiger partial charge in [0.1, 0.15) is 5.75 Å². The maximum atomic E-state index is 6.04. The molecule has 5 nitrogen and oxygen atoms in total. The Kier molecular flexibility index (Phi) is 6.66. The third-order valence-corrected chi connectivity index (χ3v) is 4.81. The van der Waals surface area contributed by atoms with E-state index in [1.807, 2.05) is 24.3 Å². The Hall–Kier alpha value is -1.89. The highest BCUT2D eigenvalue weighted by Crippen LogP contribution is 2.28. The van der Waals surface area contributed by atoms with Gasteiger partial charge in [0.05, 0.1) is 31.1 Å². The van der Waals surface area contributed by atoms with E-state index in [1.165, 1.54) is 0 Å². The number of pyridine rings is 1. The molecule has 1 atom stereocenters. The molecule has 0 aliphatic carbocycles. The maximum Gasteiger partial charge on any atom is 0.173 e. The van der Waals surface area contributed by atoms with E-state index in [1.54, 1.807) is 25.4 Å². The van der Waals surface area contributed by atoms with Crippen LogP contribution in [-0.4, -0.2) is 41.4 Å². The largest absolute Gasteiger partial charge is 0.495 e. The first-order chi connectivity index (χ1) is 12.7. The van der Waals surface area contributed by atoms with Gasteiger partial charge < -0.3 is 19.7 Å². The molecule has 0 spiro atoms. The molecule has 0 amide bonds. The Bertz CT molecular complexity index is 739. The van der Waals surface area contributed by atoms with Crippen molar-refractivity contribution in [3.05, 3.63) is 53.3 Å². The van der Waals surface area contributed by atoms with Gasteiger partial charge in [-0.25, -0.2) is 0 Å². The van der Waals surface area contributed by atoms with Crippen LogP contribution in [0.5, 0.6) is 5.75 Å². The molecule has 1 aromatic heterocycles. The predicted molar refractivity (Wildman–Crippen MR) is 108 cm³/mol. The van der Waals surface area contributed by atoms with Gasteiger partial charge in [-0.05, 0) is 49.3 Å². The number of methoxy groups -OCH3 is 1. The number of anilines is 1. The highest BCUT2D eigenvalue weighted by atomic mass is 35.5. The zero-order chi connectivity index (χ0) is 18.4. The first-order valence-corrected chi connectivity index (χ1v) is 9.35. The van der Waals surface area contributed by atoms with Crippen molar-refractivity contribution in [2.24, 2.45) is 0 Å². The molecule has 0 radical (unpaired) electrons. The number of thiocarbonyl (C=S) groups is 1. The predicted octanol–water partition coefficient (Wildman–Crippen LogP) is 4.12. The lowest BCUT2D eigenvalue weighted by Gasteiger charge is -2.28. The summed E-state index contributed by atoms with van der Waals surface area (Å²) >= 11 is 11.7. The van der Waals surface area contributed by atoms with Crippen molar-refractivity contribution in [1.29, 1.82) is 0 Å². The van der Waals surface area contributed by atoms with Gasteiger partial charge in [-0.1, -0.05) is 17.7 Å². The third kappa shape index (κ3) is 5.06. The van der Waals surface area contributed by atoms with Crippen LogP contribution in [-0.2, 0) is 11.3 Å². The van der Waals surface area contributed by atoms with Gasteiger partial charge in [-0.2, -0.15) is 0 Å². The van der Waals surface area contributed by atoms with Gasteiger partial charge in [0.25, 0.3) is 0 Å². The lowest BCUT2D eigenvalue weighted by molar-refractivity contribution is 0.0903. The second kappa shape index (κ2) is 9.16. The Labute approximate surface area is 164 Å². The van der Waals surface area contributed by atoms with Gasteiger partial charge in [0.15, 0.2) is 5.11 Å². The normalized spacial score (nSPS) is 16.3. The molecular weight excluding hydrogens is 370 g/mol. The topological polar surface area (TPSA) is 46.6 Å². The van der Waals surface area contributed by atoms with Crippen LogP contribution in [0, 0.1) is 0 Å². The lowest BCUT2D eigenvalue weighted by atomic mass is 10.2. The average molecular weight is 392 g/mol. The number of nitrogens with one attached hydrogen (secondary N) is 1. The SMILES string of the molecule is COc1cc(Cl)ccc1NC(=S)N(Cc1ccccn1)C[C@H]1CCCO1. The van der Waals surface area contributed by atoms with Crippen LogP contribution in [0.4, 0.5) is 5.69 Å². The number of benzene rings is 1. The number of aromatic nitrogens is 1. The monoisotopic (exact) mass is 391 g/mol. The fraction of sp³-hybridized carbons (Fsp3) is 0.368. The van der Waals surface area contributed by atoms with E-state index in [2.05, 4.69) is 15.2 Å². The van der Waals surface area contributed by atoms with Gasteiger partial charge in [0.2, 0.25) is 0 Å². The summed E-state index contributed by atoms with van der Waals surface area (Å²) < 4.78 is 11.2. The third-order valence-electron chi connectivity index (χ3n) is 4.22. The molecule has 0 unspecified atom stereocenters. The standard InChI is InChI=1S/C19H22ClN3O2S/c1-24-18-11-14(20)7-8-17(18)22-19(26)23(13-16-6-4-10-25-16)12-15-5-2-3-9-21-15/h2-3,5,7-9,11,16H,4,6,10,12-13H2,1H3,(H,22,26)/t16-/m1/s1. The quantitative estimate of drug-likeness (QED) is 0.747. The van der Waals surface area contributed by atoms with Crippen LogP contribution in [0.25, 0.3) is 0 Å². The van der Waals surface area contributed by atoms with E-state index < -0.39 is 0 Å². The van der Waals surface area contributed by atoms with Crippen LogP contribution in [0.1, 0.15) is 18.5 Å². The van der Waals surface area contributed by atoms with Crippen LogP contribution in [0.2, 0.25) is 5.02 Å². The van der Waals surface area contributed by atoms with Crippen molar-refractivity contribution in [1.82, 2.24) is 9.88 Å². The van der Waals surface area contributed by atoms with Crippen LogP contribution in [0.15, 0.2) is 42.6 Å². The van der Waals surface area contributed by atoms with Crippen molar-refractivity contribution in [3.8, 4) is 5.75 Å². The number of ether oxygens (including phenoxy) is 2. The molecule has 26 heavy (non-hydrogen) atoms. The van der Waals surface area contributed by atoms with Crippen LogP contribution < -0.4 is 10.1 Å². The van der Waals surface area contributed by atoms with E-state index >= 15 is 0 Å². The zero-order valence-electron chi connectivity index (χ0n) is 14.7. The first kappa shape index (κ1) is 18.9. The fourth-order valence-corrected chi connectivity index (χ4v) is 3.31. The molecule has 0 saturated carbocycles. The van der Waals surface area contributed by atoms with Gasteiger partial charge >= 0.3 is 0 Å². The molecule has 1 aliphatic rings. The molecule has 1 aromatic carbocycles. The molecule has 7 heteroatoms. The summed E-state index contributed by atoms with van der Waals surface area (Å²) in [7, 11) is 1.61. The van der Waals surface area contributed by atoms with E-state index in [-0.39, 0.29) is 6.10 Å². The zero-order valence-corrected chi connectivity index (χ0v) is 16.2. The minimum Gasteiger partial charge on any atom is -0.495 e. The number of hydrogen-bond acceptors (Lipinski definition) is 4. The van der Waals surface area contributed by atoms with Crippen LogP contribution in [0.3, 0.4) is 0 Å². The average Bonchev–Trinajstić information content (AvgIpc) is 3.16. The fourth-order valence-electron chi connectivity index (χ4n) is 2.90. The second-order valence-electron chi connectivity index (χ2n) is 6.11. The van der Waals surface area contributed by atoms with Gasteiger partial charge in [-0.3, -0.25) is 4.98 Å². The second-order valence-corrected chi connectivity index (χ2v) is 6.93. The minimum atomic E-state index is 0.186. The molecule has 0 bridgehead atoms. The molecule has 2 aromatic rings. The summed E-state index contributed by atoms with van der Waals surface area (Å²) in [6, 6.07) is 11.3. The van der Waals surface area contributed by atoms with Crippen molar-refractivity contribution < 1.29 is 9.47 Å². The Morgan fingerprint density at radius 3 is 3.00 bits per heavy atom. The van der Waals surface area contributed by atoms with E-state index in [0.717, 1.165) is 37.4 Å². The van der Waals surface area contributed by atoms with Gasteiger partial charge in [-0.15, -0.1) is 0 Å². The summed E-state index contributed by atoms with van der Waals surface area (Å²) in [5, 5.41) is 4.49. The summed E-state index contributed by atoms with van der Waals surface area (Å²) in [6.45, 7) is 2.15. The van der Waals surface area contributed by atoms with E-state index in [0.29, 0.717) is 22.4 Å². The molecular formula is C19H22ClN3O2S. The minimum absolute atomic E-state index is 0.186. The van der Waals surface area contributed by atoms with Crippen molar-refractivity contribution in [2.75, 3.05) is 25.6 Å². The molecule has 3 rings (SSSR count). The maximum absolute atomic E-state index is 6.04. The summed E-state index contributed by atoms with van der Waals surface area (Å²) in [5.41, 5.74) is 1.73. The van der Waals surface area contributed by atoms with Crippen LogP contribution >= 0.6 is 23.8 Å². The number of nitrogens with zero attached hydrogens (tertiary/aromatic N) is 2. The number of halogens is 1. The van der Waals surface area contributed by atoms with Crippen molar-refractivity contribution >= 4 is 34.6 Å². The lowest BCUT2D eigenvalue weighted by Crippen LogP contribution is -2.39. The Morgan fingerprint density at radius 1 is 1.42 bits per heavy atom. The molecule has 1 N–H and O–H groups in total. The summed E-state index contributed by atoms with van der Waals surface area (Å²) in [5.74, 6) is 0.648. The molecule has 1 saturated heterocycles. The highest BCUT2D eigenvalue weighted by molar-refractivity contribution is 7.80. The number of hydrogen-bond donors (Lipinski definition) is 1. The highest BCUT2D eigenvalue weighted by Gasteiger charge is 2.22. The summed E-state index contributed by atoms with van der Waals surface area (Å²) in [4.78, 5) is 6.50. The number of rotatable bonds is 6. The molecule has 2 heterocycles. The van der Waals surface area contributed by atoms with E-state index in [9.17, 15) is 0 Å². The molecule has 1 fully saturated rings. The Balaban J connectivity index is 1.75. The molecule has 138 valence electrons.